The summed E-state index contributed by atoms with van der Waals surface area (Å²) in [7, 11) is 0. The van der Waals surface area contributed by atoms with E-state index in [1.54, 1.807) is 36.3 Å². The van der Waals surface area contributed by atoms with E-state index in [1.807, 2.05) is 23.1 Å². The van der Waals surface area contributed by atoms with Crippen molar-refractivity contribution < 1.29 is 4.79 Å². The van der Waals surface area contributed by atoms with E-state index < -0.39 is 5.91 Å². The number of hydrogen-bond donors (Lipinski definition) is 1. The van der Waals surface area contributed by atoms with Gasteiger partial charge in [0.05, 0.1) is 9.99 Å². The van der Waals surface area contributed by atoms with E-state index in [4.69, 9.17) is 5.73 Å². The van der Waals surface area contributed by atoms with Crippen molar-refractivity contribution in [1.82, 2.24) is 14.5 Å². The molecule has 0 radical (unpaired) electrons. The molecule has 2 aromatic heterocycles. The summed E-state index contributed by atoms with van der Waals surface area (Å²) in [6.07, 6.45) is 7.34. The zero-order valence-corrected chi connectivity index (χ0v) is 13.5. The van der Waals surface area contributed by atoms with Gasteiger partial charge in [-0.3, -0.25) is 9.36 Å². The van der Waals surface area contributed by atoms with Crippen molar-refractivity contribution in [3.63, 3.8) is 0 Å². The highest BCUT2D eigenvalue weighted by Gasteiger charge is 2.13. The Balaban J connectivity index is 2.27. The highest BCUT2D eigenvalue weighted by atomic mass is 79.9. The molecule has 0 atom stereocenters. The van der Waals surface area contributed by atoms with Crippen LogP contribution in [0.25, 0.3) is 16.9 Å². The van der Waals surface area contributed by atoms with Gasteiger partial charge in [0.15, 0.2) is 0 Å². The van der Waals surface area contributed by atoms with Crippen molar-refractivity contribution in [2.45, 2.75) is 4.90 Å². The van der Waals surface area contributed by atoms with Gasteiger partial charge in [-0.1, -0.05) is 6.07 Å². The summed E-state index contributed by atoms with van der Waals surface area (Å²) in [6.45, 7) is 0. The quantitative estimate of drug-likeness (QED) is 0.726. The lowest BCUT2D eigenvalue weighted by molar-refractivity contribution is 0.100. The lowest BCUT2D eigenvalue weighted by Gasteiger charge is -2.04. The number of amides is 1. The minimum Gasteiger partial charge on any atom is -0.366 e. The molecule has 7 heteroatoms. The van der Waals surface area contributed by atoms with Gasteiger partial charge >= 0.3 is 0 Å². The van der Waals surface area contributed by atoms with Crippen LogP contribution in [-0.2, 0) is 0 Å². The number of nitrogens with zero attached hydrogens (tertiary/aromatic N) is 3. The van der Waals surface area contributed by atoms with Crippen LogP contribution >= 0.6 is 27.7 Å². The Morgan fingerprint density at radius 2 is 2.05 bits per heavy atom. The number of rotatable bonds is 3. The van der Waals surface area contributed by atoms with Gasteiger partial charge in [-0.05, 0) is 34.3 Å². The van der Waals surface area contributed by atoms with Crippen LogP contribution < -0.4 is 5.73 Å². The maximum absolute atomic E-state index is 11.4. The molecule has 3 aromatic rings. The number of benzene rings is 1. The van der Waals surface area contributed by atoms with Crippen LogP contribution in [0.3, 0.4) is 0 Å². The lowest BCUT2D eigenvalue weighted by Crippen LogP contribution is -2.10. The third-order valence-electron chi connectivity index (χ3n) is 3.10. The minimum atomic E-state index is -0.452. The molecule has 0 aliphatic carbocycles. The number of fused-ring (bicyclic) bond motifs is 1. The Labute approximate surface area is 133 Å². The van der Waals surface area contributed by atoms with Crippen LogP contribution in [0.5, 0.6) is 0 Å². The van der Waals surface area contributed by atoms with E-state index in [-0.39, 0.29) is 0 Å². The minimum absolute atomic E-state index is 0.452. The maximum Gasteiger partial charge on any atom is 0.248 e. The molecule has 0 fully saturated rings. The molecule has 0 aliphatic heterocycles. The van der Waals surface area contributed by atoms with Crippen molar-refractivity contribution in [3.05, 3.63) is 46.8 Å². The Morgan fingerprint density at radius 1 is 1.33 bits per heavy atom. The van der Waals surface area contributed by atoms with Gasteiger partial charge in [0.2, 0.25) is 11.9 Å². The van der Waals surface area contributed by atoms with Gasteiger partial charge in [0.25, 0.3) is 0 Å². The van der Waals surface area contributed by atoms with Crippen LogP contribution in [0, 0.1) is 0 Å². The smallest absolute Gasteiger partial charge is 0.248 e. The molecular formula is C14H11BrN4OS. The van der Waals surface area contributed by atoms with Crippen LogP contribution in [-0.4, -0.2) is 26.7 Å². The van der Waals surface area contributed by atoms with Crippen molar-refractivity contribution >= 4 is 44.5 Å². The molecule has 106 valence electrons. The van der Waals surface area contributed by atoms with Gasteiger partial charge in [-0.2, -0.15) is 0 Å². The Morgan fingerprint density at radius 3 is 2.67 bits per heavy atom. The monoisotopic (exact) mass is 362 g/mol. The molecule has 3 rings (SSSR count). The first kappa shape index (κ1) is 14.1. The summed E-state index contributed by atoms with van der Waals surface area (Å²) in [5, 5.41) is 1.04. The van der Waals surface area contributed by atoms with Crippen LogP contribution in [0.2, 0.25) is 0 Å². The number of carbonyl (C=O) groups excluding carboxylic acids is 1. The van der Waals surface area contributed by atoms with Crippen molar-refractivity contribution in [2.24, 2.45) is 5.73 Å². The third-order valence-corrected chi connectivity index (χ3v) is 4.27. The molecule has 0 aliphatic rings. The van der Waals surface area contributed by atoms with E-state index in [2.05, 4.69) is 25.9 Å². The summed E-state index contributed by atoms with van der Waals surface area (Å²) in [5.74, 6) is 0.0946. The maximum atomic E-state index is 11.4. The Hall–Kier alpha value is -1.86. The molecular weight excluding hydrogens is 352 g/mol. The van der Waals surface area contributed by atoms with Gasteiger partial charge in [0.1, 0.15) is 0 Å². The fourth-order valence-electron chi connectivity index (χ4n) is 2.11. The standard InChI is InChI=1S/C14H11BrN4OS/c1-21-12-7-19(14-17-5-9(15)6-18-14)11-4-8(13(16)20)2-3-10(11)12/h2-7H,1H3,(H2,16,20). The number of carbonyl (C=O) groups is 1. The second-order valence-electron chi connectivity index (χ2n) is 4.36. The van der Waals surface area contributed by atoms with Gasteiger partial charge in [-0.25, -0.2) is 9.97 Å². The average molecular weight is 363 g/mol. The zero-order chi connectivity index (χ0) is 15.0. The summed E-state index contributed by atoms with van der Waals surface area (Å²) in [4.78, 5) is 21.1. The highest BCUT2D eigenvalue weighted by Crippen LogP contribution is 2.30. The number of aromatic nitrogens is 3. The normalized spacial score (nSPS) is 11.0. The molecule has 5 nitrogen and oxygen atoms in total. The molecule has 2 N–H and O–H groups in total. The second-order valence-corrected chi connectivity index (χ2v) is 6.13. The van der Waals surface area contributed by atoms with Crippen LogP contribution in [0.1, 0.15) is 10.4 Å². The lowest BCUT2D eigenvalue weighted by atomic mass is 10.1. The van der Waals surface area contributed by atoms with Crippen molar-refractivity contribution in [2.75, 3.05) is 6.26 Å². The summed E-state index contributed by atoms with van der Waals surface area (Å²) >= 11 is 4.95. The number of primary amides is 1. The predicted molar refractivity (Wildman–Crippen MR) is 86.9 cm³/mol. The molecule has 0 spiro atoms. The number of thioether (sulfide) groups is 1. The molecule has 0 bridgehead atoms. The Kier molecular flexibility index (Phi) is 3.69. The molecule has 0 saturated carbocycles. The van der Waals surface area contributed by atoms with E-state index >= 15 is 0 Å². The van der Waals surface area contributed by atoms with Gasteiger partial charge < -0.3 is 5.73 Å². The molecule has 0 unspecified atom stereocenters. The number of hydrogen-bond acceptors (Lipinski definition) is 4. The first-order valence-electron chi connectivity index (χ1n) is 6.07. The van der Waals surface area contributed by atoms with Crippen molar-refractivity contribution in [3.8, 4) is 5.95 Å². The fourth-order valence-corrected chi connectivity index (χ4v) is 2.92. The largest absolute Gasteiger partial charge is 0.366 e. The molecule has 0 saturated heterocycles. The van der Waals surface area contributed by atoms with E-state index in [1.165, 1.54) is 0 Å². The highest BCUT2D eigenvalue weighted by molar-refractivity contribution is 9.10. The molecule has 21 heavy (non-hydrogen) atoms. The van der Waals surface area contributed by atoms with E-state index in [0.717, 1.165) is 20.3 Å². The molecule has 1 aromatic carbocycles. The number of nitrogens with two attached hydrogens (primary N) is 1. The summed E-state index contributed by atoms with van der Waals surface area (Å²) < 4.78 is 2.67. The van der Waals surface area contributed by atoms with Crippen LogP contribution in [0.4, 0.5) is 0 Å². The summed E-state index contributed by atoms with van der Waals surface area (Å²) in [5.41, 5.74) is 6.69. The first-order valence-corrected chi connectivity index (χ1v) is 8.08. The SMILES string of the molecule is CSc1cn(-c2ncc(Br)cn2)c2cc(C(N)=O)ccc12. The summed E-state index contributed by atoms with van der Waals surface area (Å²) in [6, 6.07) is 5.40. The predicted octanol–water partition coefficient (Wildman–Crippen LogP) is 3.00. The van der Waals surface area contributed by atoms with Gasteiger partial charge in [-0.15, -0.1) is 11.8 Å². The third kappa shape index (κ3) is 2.54. The number of halogens is 1. The van der Waals surface area contributed by atoms with E-state index in [9.17, 15) is 4.79 Å². The topological polar surface area (TPSA) is 73.8 Å². The molecule has 1 amide bonds. The second kappa shape index (κ2) is 5.50. The Bertz CT molecular complexity index is 829. The molecule has 2 heterocycles. The average Bonchev–Trinajstić information content (AvgIpc) is 2.86. The first-order chi connectivity index (χ1) is 10.1. The van der Waals surface area contributed by atoms with Gasteiger partial charge in [0, 0.05) is 34.4 Å². The zero-order valence-electron chi connectivity index (χ0n) is 11.1. The van der Waals surface area contributed by atoms with Crippen molar-refractivity contribution in [1.29, 1.82) is 0 Å². The van der Waals surface area contributed by atoms with Crippen LogP contribution in [0.15, 0.2) is 46.2 Å². The fraction of sp³-hybridized carbons (Fsp3) is 0.0714. The van der Waals surface area contributed by atoms with E-state index in [0.29, 0.717) is 11.5 Å².